The third kappa shape index (κ3) is 5.48. The molecule has 1 nitrogen and oxygen atoms in total. The molecule has 0 N–H and O–H groups in total. The molecule has 0 aliphatic heterocycles. The van der Waals surface area contributed by atoms with Crippen molar-refractivity contribution >= 4 is 5.57 Å². The maximum Gasteiger partial charge on any atom is 0.201 e. The number of rotatable bonds is 8. The molecule has 6 heteroatoms. The molecule has 0 bridgehead atoms. The summed E-state index contributed by atoms with van der Waals surface area (Å²) in [6, 6.07) is 10.4. The molecule has 0 saturated heterocycles. The summed E-state index contributed by atoms with van der Waals surface area (Å²) in [6.07, 6.45) is 6.28. The van der Waals surface area contributed by atoms with Gasteiger partial charge in [-0.25, -0.2) is 17.6 Å². The van der Waals surface area contributed by atoms with Gasteiger partial charge in [0.25, 0.3) is 0 Å². The lowest BCUT2D eigenvalue weighted by molar-refractivity contribution is 0.295. The molecule has 1 aliphatic rings. The molecule has 0 heterocycles. The lowest BCUT2D eigenvalue weighted by Gasteiger charge is -2.22. The standard InChI is InChI=1S/C30H29F5O/c1-3-16-36-26-15-14-24(29(34)30(26)35)23-13-9-20(17-25(23)31)6-5-19-7-10-21(11-8-19)22-12-4-18(2)27(32)28(22)33/h4,9-10,12-15,17,19H,3,5-8,11,16H2,1-2H3. The molecule has 0 spiro atoms. The van der Waals surface area contributed by atoms with Crippen LogP contribution < -0.4 is 4.74 Å². The van der Waals surface area contributed by atoms with E-state index in [1.807, 2.05) is 13.0 Å². The zero-order valence-corrected chi connectivity index (χ0v) is 20.4. The van der Waals surface area contributed by atoms with E-state index in [4.69, 9.17) is 4.74 Å². The fraction of sp³-hybridized carbons (Fsp3) is 0.333. The molecular formula is C30H29F5O. The molecule has 1 atom stereocenters. The molecule has 1 aliphatic carbocycles. The normalized spacial score (nSPS) is 15.6. The second kappa shape index (κ2) is 11.3. The van der Waals surface area contributed by atoms with E-state index < -0.39 is 29.1 Å². The summed E-state index contributed by atoms with van der Waals surface area (Å²) >= 11 is 0. The lowest BCUT2D eigenvalue weighted by Crippen LogP contribution is -2.08. The minimum Gasteiger partial charge on any atom is -0.490 e. The second-order valence-corrected chi connectivity index (χ2v) is 9.37. The molecule has 36 heavy (non-hydrogen) atoms. The molecule has 0 amide bonds. The second-order valence-electron chi connectivity index (χ2n) is 9.37. The number of halogens is 5. The molecule has 0 fully saturated rings. The first kappa shape index (κ1) is 25.9. The van der Waals surface area contributed by atoms with Crippen molar-refractivity contribution in [3.63, 3.8) is 0 Å². The van der Waals surface area contributed by atoms with Crippen LogP contribution in [-0.2, 0) is 6.42 Å². The summed E-state index contributed by atoms with van der Waals surface area (Å²) in [5, 5.41) is 0. The van der Waals surface area contributed by atoms with Crippen LogP contribution in [0.4, 0.5) is 22.0 Å². The molecule has 0 saturated carbocycles. The quantitative estimate of drug-likeness (QED) is 0.281. The minimum absolute atomic E-state index is 0.00482. The molecule has 1 unspecified atom stereocenters. The van der Waals surface area contributed by atoms with Crippen molar-refractivity contribution in [2.24, 2.45) is 5.92 Å². The summed E-state index contributed by atoms with van der Waals surface area (Å²) < 4.78 is 77.2. The van der Waals surface area contributed by atoms with Gasteiger partial charge in [-0.05, 0) is 86.3 Å². The van der Waals surface area contributed by atoms with E-state index in [-0.39, 0.29) is 29.0 Å². The Morgan fingerprint density at radius 3 is 2.25 bits per heavy atom. The number of ether oxygens (including phenoxy) is 1. The van der Waals surface area contributed by atoms with E-state index in [1.165, 1.54) is 31.2 Å². The topological polar surface area (TPSA) is 9.23 Å². The first-order chi connectivity index (χ1) is 17.3. The van der Waals surface area contributed by atoms with Crippen LogP contribution in [0.3, 0.4) is 0 Å². The zero-order valence-electron chi connectivity index (χ0n) is 20.4. The SMILES string of the molecule is CCCOc1ccc(-c2ccc(CCC3CC=C(c4ccc(C)c(F)c4F)CC3)cc2F)c(F)c1F. The highest BCUT2D eigenvalue weighted by Gasteiger charge is 2.21. The van der Waals surface area contributed by atoms with Gasteiger partial charge in [-0.3, -0.25) is 0 Å². The van der Waals surface area contributed by atoms with Gasteiger partial charge in [0.2, 0.25) is 5.82 Å². The van der Waals surface area contributed by atoms with Crippen LogP contribution in [0, 0.1) is 41.9 Å². The van der Waals surface area contributed by atoms with Crippen molar-refractivity contribution in [3.8, 4) is 16.9 Å². The fourth-order valence-electron chi connectivity index (χ4n) is 4.66. The van der Waals surface area contributed by atoms with Crippen molar-refractivity contribution < 1.29 is 26.7 Å². The maximum absolute atomic E-state index is 14.9. The monoisotopic (exact) mass is 500 g/mol. The molecule has 0 radical (unpaired) electrons. The summed E-state index contributed by atoms with van der Waals surface area (Å²) in [5.74, 6) is -4.31. The summed E-state index contributed by atoms with van der Waals surface area (Å²) in [7, 11) is 0. The first-order valence-corrected chi connectivity index (χ1v) is 12.3. The Kier molecular flexibility index (Phi) is 8.12. The molecular weight excluding hydrogens is 471 g/mol. The van der Waals surface area contributed by atoms with E-state index in [0.29, 0.717) is 30.7 Å². The van der Waals surface area contributed by atoms with Crippen LogP contribution in [0.5, 0.6) is 5.75 Å². The van der Waals surface area contributed by atoms with Crippen molar-refractivity contribution in [2.45, 2.75) is 52.4 Å². The number of aryl methyl sites for hydroxylation is 2. The Morgan fingerprint density at radius 1 is 0.833 bits per heavy atom. The van der Waals surface area contributed by atoms with Crippen LogP contribution >= 0.6 is 0 Å². The highest BCUT2D eigenvalue weighted by atomic mass is 19.2. The van der Waals surface area contributed by atoms with Crippen molar-refractivity contribution in [3.05, 3.63) is 94.3 Å². The van der Waals surface area contributed by atoms with Crippen LogP contribution in [0.15, 0.2) is 48.5 Å². The zero-order chi connectivity index (χ0) is 25.8. The van der Waals surface area contributed by atoms with Gasteiger partial charge in [0.1, 0.15) is 5.82 Å². The third-order valence-corrected chi connectivity index (χ3v) is 6.81. The van der Waals surface area contributed by atoms with Gasteiger partial charge in [0.15, 0.2) is 23.2 Å². The average Bonchev–Trinajstić information content (AvgIpc) is 2.88. The third-order valence-electron chi connectivity index (χ3n) is 6.81. The number of hydrogen-bond acceptors (Lipinski definition) is 1. The number of hydrogen-bond donors (Lipinski definition) is 0. The van der Waals surface area contributed by atoms with E-state index in [2.05, 4.69) is 0 Å². The van der Waals surface area contributed by atoms with Gasteiger partial charge in [0, 0.05) is 16.7 Å². The molecule has 3 aromatic carbocycles. The van der Waals surface area contributed by atoms with E-state index in [1.54, 1.807) is 18.2 Å². The van der Waals surface area contributed by atoms with Gasteiger partial charge < -0.3 is 4.74 Å². The number of allylic oxidation sites excluding steroid dienone is 2. The molecule has 4 rings (SSSR count). The Morgan fingerprint density at radius 2 is 1.56 bits per heavy atom. The average molecular weight is 501 g/mol. The van der Waals surface area contributed by atoms with Crippen LogP contribution in [0.1, 0.15) is 55.7 Å². The van der Waals surface area contributed by atoms with Crippen molar-refractivity contribution in [1.82, 2.24) is 0 Å². The number of benzene rings is 3. The van der Waals surface area contributed by atoms with Crippen LogP contribution in [-0.4, -0.2) is 6.61 Å². The summed E-state index contributed by atoms with van der Waals surface area (Å²) in [5.41, 5.74) is 2.04. The Labute approximate surface area is 208 Å². The van der Waals surface area contributed by atoms with Crippen LogP contribution in [0.2, 0.25) is 0 Å². The highest BCUT2D eigenvalue weighted by Crippen LogP contribution is 2.35. The first-order valence-electron chi connectivity index (χ1n) is 12.3. The Balaban J connectivity index is 1.40. The summed E-state index contributed by atoms with van der Waals surface area (Å²) in [6.45, 7) is 3.66. The molecule has 0 aromatic heterocycles. The van der Waals surface area contributed by atoms with Gasteiger partial charge in [-0.1, -0.05) is 37.3 Å². The molecule has 3 aromatic rings. The van der Waals surface area contributed by atoms with Gasteiger partial charge in [-0.15, -0.1) is 0 Å². The van der Waals surface area contributed by atoms with Gasteiger partial charge in [0.05, 0.1) is 6.61 Å². The van der Waals surface area contributed by atoms with Crippen molar-refractivity contribution in [1.29, 1.82) is 0 Å². The van der Waals surface area contributed by atoms with Gasteiger partial charge in [-0.2, -0.15) is 4.39 Å². The van der Waals surface area contributed by atoms with E-state index in [0.717, 1.165) is 30.4 Å². The van der Waals surface area contributed by atoms with Gasteiger partial charge >= 0.3 is 0 Å². The highest BCUT2D eigenvalue weighted by molar-refractivity contribution is 5.67. The maximum atomic E-state index is 14.9. The Hall–Kier alpha value is -3.15. The minimum atomic E-state index is -1.13. The smallest absolute Gasteiger partial charge is 0.201 e. The predicted molar refractivity (Wildman–Crippen MR) is 132 cm³/mol. The fourth-order valence-corrected chi connectivity index (χ4v) is 4.66. The Bertz CT molecular complexity index is 1280. The molecule has 190 valence electrons. The summed E-state index contributed by atoms with van der Waals surface area (Å²) in [4.78, 5) is 0. The largest absolute Gasteiger partial charge is 0.490 e. The van der Waals surface area contributed by atoms with E-state index in [9.17, 15) is 22.0 Å². The predicted octanol–water partition coefficient (Wildman–Crippen LogP) is 8.96. The van der Waals surface area contributed by atoms with E-state index >= 15 is 0 Å². The van der Waals surface area contributed by atoms with Crippen LogP contribution in [0.25, 0.3) is 16.7 Å². The lowest BCUT2D eigenvalue weighted by atomic mass is 9.83. The van der Waals surface area contributed by atoms with Crippen molar-refractivity contribution in [2.75, 3.05) is 6.61 Å².